The van der Waals surface area contributed by atoms with Crippen molar-refractivity contribution in [2.75, 3.05) is 18.9 Å². The molecule has 134 valence electrons. The van der Waals surface area contributed by atoms with Crippen LogP contribution in [0.15, 0.2) is 22.7 Å². The number of benzene rings is 1. The molecule has 2 aromatic rings. The third kappa shape index (κ3) is 4.69. The van der Waals surface area contributed by atoms with Gasteiger partial charge in [0.05, 0.1) is 23.6 Å². The van der Waals surface area contributed by atoms with Crippen molar-refractivity contribution < 1.29 is 9.53 Å². The van der Waals surface area contributed by atoms with Crippen LogP contribution in [-0.4, -0.2) is 29.0 Å². The number of halogens is 1. The number of anilines is 1. The highest BCUT2D eigenvalue weighted by Gasteiger charge is 2.22. The van der Waals surface area contributed by atoms with Gasteiger partial charge in [-0.05, 0) is 38.0 Å². The van der Waals surface area contributed by atoms with Gasteiger partial charge in [-0.2, -0.15) is 0 Å². The first kappa shape index (κ1) is 19.2. The van der Waals surface area contributed by atoms with Crippen LogP contribution in [0.4, 0.5) is 5.95 Å². The monoisotopic (exact) mass is 406 g/mol. The highest BCUT2D eigenvalue weighted by Crippen LogP contribution is 2.35. The van der Waals surface area contributed by atoms with E-state index in [0.717, 1.165) is 4.47 Å². The van der Waals surface area contributed by atoms with Gasteiger partial charge >= 0.3 is 0 Å². The van der Waals surface area contributed by atoms with Gasteiger partial charge in [0.25, 0.3) is 5.91 Å². The molecule has 6 nitrogen and oxygen atoms in total. The van der Waals surface area contributed by atoms with Crippen LogP contribution >= 0.6 is 15.9 Å². The molecule has 0 saturated carbocycles. The number of carbonyl (C=O) groups excluding carboxylic acids is 1. The second-order valence-electron chi connectivity index (χ2n) is 6.10. The summed E-state index contributed by atoms with van der Waals surface area (Å²) >= 11 is 3.47. The summed E-state index contributed by atoms with van der Waals surface area (Å²) in [6.07, 6.45) is 0. The molecule has 1 aromatic carbocycles. The number of carbonyl (C=O) groups is 1. The van der Waals surface area contributed by atoms with E-state index >= 15 is 0 Å². The van der Waals surface area contributed by atoms with E-state index in [1.54, 1.807) is 6.92 Å². The Morgan fingerprint density at radius 3 is 2.72 bits per heavy atom. The normalized spacial score (nSPS) is 10.8. The second kappa shape index (κ2) is 8.29. The van der Waals surface area contributed by atoms with E-state index in [0.29, 0.717) is 47.3 Å². The molecule has 0 bridgehead atoms. The Labute approximate surface area is 156 Å². The number of nitrogen functional groups attached to an aromatic ring is 1. The molecule has 25 heavy (non-hydrogen) atoms. The molecule has 0 atom stereocenters. The van der Waals surface area contributed by atoms with Crippen molar-refractivity contribution in [3.63, 3.8) is 0 Å². The summed E-state index contributed by atoms with van der Waals surface area (Å²) in [5.74, 6) is 0.914. The van der Waals surface area contributed by atoms with E-state index in [1.165, 1.54) is 0 Å². The number of nitrogens with zero attached hydrogens (tertiary/aromatic N) is 2. The Morgan fingerprint density at radius 2 is 2.08 bits per heavy atom. The largest absolute Gasteiger partial charge is 0.493 e. The van der Waals surface area contributed by atoms with Gasteiger partial charge in [0, 0.05) is 16.6 Å². The Bertz CT molecular complexity index is 778. The molecule has 1 heterocycles. The van der Waals surface area contributed by atoms with Gasteiger partial charge in [0.15, 0.2) is 0 Å². The summed E-state index contributed by atoms with van der Waals surface area (Å²) in [7, 11) is 0. The van der Waals surface area contributed by atoms with E-state index in [4.69, 9.17) is 10.5 Å². The van der Waals surface area contributed by atoms with Crippen LogP contribution < -0.4 is 15.8 Å². The molecule has 0 unspecified atom stereocenters. The van der Waals surface area contributed by atoms with Gasteiger partial charge in [-0.1, -0.05) is 29.8 Å². The van der Waals surface area contributed by atoms with Crippen molar-refractivity contribution in [2.45, 2.75) is 27.7 Å². The topological polar surface area (TPSA) is 90.1 Å². The molecule has 7 heteroatoms. The SMILES string of the molecule is CCNC(=O)c1c(C)nc(N)nc1-c1cc(Br)ccc1OCC(C)C. The first-order valence-corrected chi connectivity index (χ1v) is 8.97. The maximum absolute atomic E-state index is 12.5. The van der Waals surface area contributed by atoms with E-state index in [9.17, 15) is 4.79 Å². The minimum atomic E-state index is -0.232. The third-order valence-electron chi connectivity index (χ3n) is 3.44. The molecule has 2 rings (SSSR count). The van der Waals surface area contributed by atoms with Crippen LogP contribution in [0.1, 0.15) is 36.8 Å². The summed E-state index contributed by atoms with van der Waals surface area (Å²) in [6, 6.07) is 5.62. The average Bonchev–Trinajstić information content (AvgIpc) is 2.52. The Morgan fingerprint density at radius 1 is 1.36 bits per heavy atom. The molecule has 1 amide bonds. The van der Waals surface area contributed by atoms with Crippen molar-refractivity contribution in [2.24, 2.45) is 5.92 Å². The fraction of sp³-hybridized carbons (Fsp3) is 0.389. The number of aryl methyl sites for hydroxylation is 1. The van der Waals surface area contributed by atoms with Crippen LogP contribution in [0.2, 0.25) is 0 Å². The molecule has 0 aliphatic rings. The van der Waals surface area contributed by atoms with Crippen LogP contribution in [-0.2, 0) is 0 Å². The lowest BCUT2D eigenvalue weighted by molar-refractivity contribution is 0.0955. The van der Waals surface area contributed by atoms with Crippen molar-refractivity contribution in [3.8, 4) is 17.0 Å². The molecular formula is C18H23BrN4O2. The number of hydrogen-bond donors (Lipinski definition) is 2. The van der Waals surface area contributed by atoms with Gasteiger partial charge in [-0.15, -0.1) is 0 Å². The average molecular weight is 407 g/mol. The Hall–Kier alpha value is -2.15. The molecule has 0 fully saturated rings. The molecule has 0 saturated heterocycles. The fourth-order valence-electron chi connectivity index (χ4n) is 2.38. The van der Waals surface area contributed by atoms with Gasteiger partial charge in [0.1, 0.15) is 5.75 Å². The number of nitrogens with two attached hydrogens (primary N) is 1. The Balaban J connectivity index is 2.64. The third-order valence-corrected chi connectivity index (χ3v) is 3.93. The lowest BCUT2D eigenvalue weighted by Crippen LogP contribution is -2.25. The van der Waals surface area contributed by atoms with Gasteiger partial charge < -0.3 is 15.8 Å². The second-order valence-corrected chi connectivity index (χ2v) is 7.01. The minimum absolute atomic E-state index is 0.121. The first-order chi connectivity index (χ1) is 11.8. The molecule has 0 spiro atoms. The quantitative estimate of drug-likeness (QED) is 0.764. The zero-order valence-corrected chi connectivity index (χ0v) is 16.5. The first-order valence-electron chi connectivity index (χ1n) is 8.18. The summed E-state index contributed by atoms with van der Waals surface area (Å²) in [4.78, 5) is 21.0. The smallest absolute Gasteiger partial charge is 0.255 e. The van der Waals surface area contributed by atoms with Crippen LogP contribution in [0, 0.1) is 12.8 Å². The lowest BCUT2D eigenvalue weighted by Gasteiger charge is -2.16. The lowest BCUT2D eigenvalue weighted by atomic mass is 10.0. The summed E-state index contributed by atoms with van der Waals surface area (Å²) in [5.41, 5.74) is 7.95. The number of ether oxygens (including phenoxy) is 1. The molecule has 0 radical (unpaired) electrons. The van der Waals surface area contributed by atoms with E-state index in [2.05, 4.69) is 45.1 Å². The molecule has 3 N–H and O–H groups in total. The van der Waals surface area contributed by atoms with Crippen LogP contribution in [0.3, 0.4) is 0 Å². The number of nitrogens with one attached hydrogen (secondary N) is 1. The number of rotatable bonds is 6. The van der Waals surface area contributed by atoms with E-state index < -0.39 is 0 Å². The van der Waals surface area contributed by atoms with Crippen molar-refractivity contribution >= 4 is 27.8 Å². The number of hydrogen-bond acceptors (Lipinski definition) is 5. The number of aromatic nitrogens is 2. The summed E-state index contributed by atoms with van der Waals surface area (Å²) < 4.78 is 6.79. The van der Waals surface area contributed by atoms with Crippen LogP contribution in [0.5, 0.6) is 5.75 Å². The summed E-state index contributed by atoms with van der Waals surface area (Å²) in [6.45, 7) is 8.83. The van der Waals surface area contributed by atoms with Gasteiger partial charge in [0.2, 0.25) is 5.95 Å². The molecule has 0 aliphatic carbocycles. The van der Waals surface area contributed by atoms with Crippen molar-refractivity contribution in [1.82, 2.24) is 15.3 Å². The highest BCUT2D eigenvalue weighted by atomic mass is 79.9. The van der Waals surface area contributed by atoms with E-state index in [1.807, 2.05) is 25.1 Å². The van der Waals surface area contributed by atoms with Gasteiger partial charge in [-0.25, -0.2) is 9.97 Å². The van der Waals surface area contributed by atoms with Crippen molar-refractivity contribution in [3.05, 3.63) is 33.9 Å². The zero-order chi connectivity index (χ0) is 18.6. The minimum Gasteiger partial charge on any atom is -0.493 e. The predicted molar refractivity (Wildman–Crippen MR) is 103 cm³/mol. The number of amides is 1. The molecular weight excluding hydrogens is 384 g/mol. The maximum atomic E-state index is 12.5. The Kier molecular flexibility index (Phi) is 6.36. The highest BCUT2D eigenvalue weighted by molar-refractivity contribution is 9.10. The predicted octanol–water partition coefficient (Wildman–Crippen LogP) is 3.58. The molecule has 0 aliphatic heterocycles. The fourth-order valence-corrected chi connectivity index (χ4v) is 2.74. The van der Waals surface area contributed by atoms with Crippen molar-refractivity contribution in [1.29, 1.82) is 0 Å². The molecule has 1 aromatic heterocycles. The van der Waals surface area contributed by atoms with E-state index in [-0.39, 0.29) is 11.9 Å². The summed E-state index contributed by atoms with van der Waals surface area (Å²) in [5, 5.41) is 2.80. The standard InChI is InChI=1S/C18H23BrN4O2/c1-5-21-17(24)15-11(4)22-18(20)23-16(15)13-8-12(19)6-7-14(13)25-9-10(2)3/h6-8,10H,5,9H2,1-4H3,(H,21,24)(H2,20,22,23). The maximum Gasteiger partial charge on any atom is 0.255 e. The van der Waals surface area contributed by atoms with Gasteiger partial charge in [-0.3, -0.25) is 4.79 Å². The zero-order valence-electron chi connectivity index (χ0n) is 14.9. The van der Waals surface area contributed by atoms with Crippen LogP contribution in [0.25, 0.3) is 11.3 Å².